The molecule has 2 aliphatic rings. The quantitative estimate of drug-likeness (QED) is 0.737. The van der Waals surface area contributed by atoms with Gasteiger partial charge >= 0.3 is 0 Å². The van der Waals surface area contributed by atoms with Gasteiger partial charge in [-0.2, -0.15) is 0 Å². The lowest BCUT2D eigenvalue weighted by Crippen LogP contribution is -2.51. The van der Waals surface area contributed by atoms with E-state index in [-0.39, 0.29) is 5.91 Å². The number of amides is 1. The van der Waals surface area contributed by atoms with Gasteiger partial charge < -0.3 is 14.4 Å². The Hall–Kier alpha value is -1.85. The maximum atomic E-state index is 13.8. The predicted octanol–water partition coefficient (Wildman–Crippen LogP) is 4.09. The van der Waals surface area contributed by atoms with E-state index in [4.69, 9.17) is 9.47 Å². The van der Waals surface area contributed by atoms with Crippen molar-refractivity contribution < 1.29 is 14.3 Å². The van der Waals surface area contributed by atoms with E-state index in [9.17, 15) is 4.79 Å². The van der Waals surface area contributed by atoms with Crippen LogP contribution in [0.5, 0.6) is 5.75 Å². The monoisotopic (exact) mass is 429 g/mol. The number of benzene rings is 2. The van der Waals surface area contributed by atoms with Crippen molar-refractivity contribution in [2.75, 3.05) is 26.9 Å². The molecule has 0 N–H and O–H groups in total. The molecule has 2 aromatic rings. The predicted molar refractivity (Wildman–Crippen MR) is 108 cm³/mol. The van der Waals surface area contributed by atoms with Crippen LogP contribution in [0.25, 0.3) is 0 Å². The molecular weight excluding hydrogens is 406 g/mol. The molecule has 1 fully saturated rings. The highest BCUT2D eigenvalue weighted by atomic mass is 79.9. The lowest BCUT2D eigenvalue weighted by Gasteiger charge is -2.41. The molecule has 0 aliphatic carbocycles. The van der Waals surface area contributed by atoms with Gasteiger partial charge in [0.25, 0.3) is 0 Å². The van der Waals surface area contributed by atoms with Crippen LogP contribution >= 0.6 is 15.9 Å². The first-order valence-corrected chi connectivity index (χ1v) is 10.2. The number of ether oxygens (including phenoxy) is 2. The number of hydrogen-bond acceptors (Lipinski definition) is 3. The molecule has 2 aromatic carbocycles. The molecule has 142 valence electrons. The summed E-state index contributed by atoms with van der Waals surface area (Å²) in [5, 5.41) is 0. The fourth-order valence-corrected chi connectivity index (χ4v) is 4.52. The summed E-state index contributed by atoms with van der Waals surface area (Å²) in [4.78, 5) is 15.8. The zero-order valence-corrected chi connectivity index (χ0v) is 17.1. The molecule has 0 spiro atoms. The summed E-state index contributed by atoms with van der Waals surface area (Å²) in [6.45, 7) is 2.65. The van der Waals surface area contributed by atoms with Crippen LogP contribution in [0.1, 0.15) is 29.5 Å². The molecule has 1 saturated heterocycles. The van der Waals surface area contributed by atoms with Crippen molar-refractivity contribution in [3.63, 3.8) is 0 Å². The van der Waals surface area contributed by atoms with Crippen molar-refractivity contribution in [1.29, 1.82) is 0 Å². The number of halogens is 1. The molecule has 0 radical (unpaired) electrons. The second kappa shape index (κ2) is 7.64. The highest BCUT2D eigenvalue weighted by molar-refractivity contribution is 9.10. The number of hydrogen-bond donors (Lipinski definition) is 0. The van der Waals surface area contributed by atoms with Gasteiger partial charge in [0, 0.05) is 30.8 Å². The number of methoxy groups -OCH3 is 1. The molecule has 0 atom stereocenters. The molecule has 4 rings (SSSR count). The maximum Gasteiger partial charge on any atom is 0.233 e. The maximum absolute atomic E-state index is 13.8. The molecule has 0 bridgehead atoms. The van der Waals surface area contributed by atoms with Crippen LogP contribution in [-0.2, 0) is 27.9 Å². The highest BCUT2D eigenvalue weighted by Gasteiger charge is 2.44. The summed E-state index contributed by atoms with van der Waals surface area (Å²) in [7, 11) is 1.68. The van der Waals surface area contributed by atoms with Gasteiger partial charge in [0.1, 0.15) is 5.75 Å². The van der Waals surface area contributed by atoms with Crippen molar-refractivity contribution >= 4 is 21.8 Å². The van der Waals surface area contributed by atoms with E-state index < -0.39 is 5.41 Å². The van der Waals surface area contributed by atoms with Crippen molar-refractivity contribution in [3.8, 4) is 5.75 Å². The minimum atomic E-state index is -0.491. The summed E-state index contributed by atoms with van der Waals surface area (Å²) in [5.74, 6) is 1.07. The Morgan fingerprint density at radius 3 is 2.56 bits per heavy atom. The topological polar surface area (TPSA) is 38.8 Å². The Kier molecular flexibility index (Phi) is 5.24. The number of carbonyl (C=O) groups is 1. The second-order valence-corrected chi connectivity index (χ2v) is 8.23. The molecule has 1 amide bonds. The summed E-state index contributed by atoms with van der Waals surface area (Å²) in [5.41, 5.74) is 3.10. The Morgan fingerprint density at radius 2 is 1.85 bits per heavy atom. The van der Waals surface area contributed by atoms with Crippen molar-refractivity contribution in [1.82, 2.24) is 4.90 Å². The summed E-state index contributed by atoms with van der Waals surface area (Å²) in [6, 6.07) is 14.4. The van der Waals surface area contributed by atoms with Crippen molar-refractivity contribution in [3.05, 3.63) is 63.6 Å². The van der Waals surface area contributed by atoms with Crippen molar-refractivity contribution in [2.45, 2.75) is 31.2 Å². The van der Waals surface area contributed by atoms with Gasteiger partial charge in [0.2, 0.25) is 5.91 Å². The summed E-state index contributed by atoms with van der Waals surface area (Å²) < 4.78 is 12.0. The normalized spacial score (nSPS) is 18.7. The Bertz CT molecular complexity index is 828. The summed E-state index contributed by atoms with van der Waals surface area (Å²) >= 11 is 3.50. The van der Waals surface area contributed by atoms with Crippen LogP contribution in [-0.4, -0.2) is 37.7 Å². The Labute approximate surface area is 168 Å². The first kappa shape index (κ1) is 18.5. The molecule has 2 heterocycles. The SMILES string of the molecule is COc1ccc2c(c1)CN(C(=O)C1(c3ccc(Br)cc3)CCOCC1)CC2. The molecule has 27 heavy (non-hydrogen) atoms. The molecular formula is C22H24BrNO3. The van der Waals surface area contributed by atoms with E-state index in [0.29, 0.717) is 19.8 Å². The van der Waals surface area contributed by atoms with Crippen LogP contribution in [0.3, 0.4) is 0 Å². The lowest BCUT2D eigenvalue weighted by atomic mass is 9.72. The van der Waals surface area contributed by atoms with E-state index in [1.165, 1.54) is 11.1 Å². The standard InChI is InChI=1S/C22H24BrNO3/c1-26-20-7-2-16-8-11-24(15-17(16)14-20)21(25)22(9-12-27-13-10-22)18-3-5-19(23)6-4-18/h2-7,14H,8-13,15H2,1H3. The van der Waals surface area contributed by atoms with Crippen LogP contribution in [0.4, 0.5) is 0 Å². The average molecular weight is 430 g/mol. The molecule has 0 unspecified atom stereocenters. The second-order valence-electron chi connectivity index (χ2n) is 7.31. The molecule has 2 aliphatic heterocycles. The molecule has 0 saturated carbocycles. The third-order valence-electron chi connectivity index (χ3n) is 5.87. The van der Waals surface area contributed by atoms with Gasteiger partial charge in [0.05, 0.1) is 12.5 Å². The molecule has 4 nitrogen and oxygen atoms in total. The third kappa shape index (κ3) is 3.50. The lowest BCUT2D eigenvalue weighted by molar-refractivity contribution is -0.142. The van der Waals surface area contributed by atoms with Gasteiger partial charge in [-0.3, -0.25) is 4.79 Å². The van der Waals surface area contributed by atoms with Gasteiger partial charge in [0.15, 0.2) is 0 Å². The van der Waals surface area contributed by atoms with E-state index in [1.54, 1.807) is 7.11 Å². The van der Waals surface area contributed by atoms with Crippen LogP contribution in [0.15, 0.2) is 46.9 Å². The minimum absolute atomic E-state index is 0.224. The van der Waals surface area contributed by atoms with Crippen molar-refractivity contribution in [2.24, 2.45) is 0 Å². The summed E-state index contributed by atoms with van der Waals surface area (Å²) in [6.07, 6.45) is 2.35. The van der Waals surface area contributed by atoms with Gasteiger partial charge in [-0.15, -0.1) is 0 Å². The number of nitrogens with zero attached hydrogens (tertiary/aromatic N) is 1. The fraction of sp³-hybridized carbons (Fsp3) is 0.409. The van der Waals surface area contributed by atoms with Crippen LogP contribution in [0, 0.1) is 0 Å². The first-order chi connectivity index (χ1) is 13.1. The van der Waals surface area contributed by atoms with E-state index in [0.717, 1.165) is 41.6 Å². The van der Waals surface area contributed by atoms with Gasteiger partial charge in [-0.05, 0) is 60.2 Å². The fourth-order valence-electron chi connectivity index (χ4n) is 4.25. The largest absolute Gasteiger partial charge is 0.497 e. The number of fused-ring (bicyclic) bond motifs is 1. The van der Waals surface area contributed by atoms with Gasteiger partial charge in [-0.25, -0.2) is 0 Å². The third-order valence-corrected chi connectivity index (χ3v) is 6.39. The Balaban J connectivity index is 1.65. The zero-order valence-electron chi connectivity index (χ0n) is 15.5. The molecule has 0 aromatic heterocycles. The highest BCUT2D eigenvalue weighted by Crippen LogP contribution is 2.38. The first-order valence-electron chi connectivity index (χ1n) is 9.41. The minimum Gasteiger partial charge on any atom is -0.497 e. The Morgan fingerprint density at radius 1 is 1.11 bits per heavy atom. The van der Waals surface area contributed by atoms with E-state index in [1.807, 2.05) is 23.1 Å². The van der Waals surface area contributed by atoms with Gasteiger partial charge in [-0.1, -0.05) is 34.1 Å². The zero-order chi connectivity index (χ0) is 18.9. The van der Waals surface area contributed by atoms with E-state index >= 15 is 0 Å². The number of carbonyl (C=O) groups excluding carboxylic acids is 1. The van der Waals surface area contributed by atoms with Crippen LogP contribution in [0.2, 0.25) is 0 Å². The molecule has 5 heteroatoms. The smallest absolute Gasteiger partial charge is 0.233 e. The number of rotatable bonds is 3. The average Bonchev–Trinajstić information content (AvgIpc) is 2.73. The van der Waals surface area contributed by atoms with E-state index in [2.05, 4.69) is 40.2 Å². The van der Waals surface area contributed by atoms with Crippen LogP contribution < -0.4 is 4.74 Å².